The van der Waals surface area contributed by atoms with Crippen molar-refractivity contribution < 1.29 is 4.79 Å². The van der Waals surface area contributed by atoms with Gasteiger partial charge in [0.05, 0.1) is 10.2 Å². The standard InChI is InChI=1S/C14H16N2OS/c1-4-9-16-11-7-5-6-8-12(11)18-14(16)15-13(17)10(2)3/h4-8,10H,1,9H2,2-3H3. The lowest BCUT2D eigenvalue weighted by Crippen LogP contribution is -2.17. The molecule has 1 aromatic heterocycles. The summed E-state index contributed by atoms with van der Waals surface area (Å²) in [5.41, 5.74) is 1.10. The molecule has 0 spiro atoms. The molecule has 0 atom stereocenters. The Morgan fingerprint density at radius 1 is 1.50 bits per heavy atom. The van der Waals surface area contributed by atoms with E-state index in [9.17, 15) is 4.79 Å². The van der Waals surface area contributed by atoms with Crippen LogP contribution in [0.25, 0.3) is 10.2 Å². The molecular weight excluding hydrogens is 244 g/mol. The molecule has 2 aromatic rings. The van der Waals surface area contributed by atoms with Crippen molar-refractivity contribution in [2.75, 3.05) is 0 Å². The summed E-state index contributed by atoms with van der Waals surface area (Å²) in [4.78, 5) is 16.7. The smallest absolute Gasteiger partial charge is 0.250 e. The number of para-hydroxylation sites is 1. The molecule has 0 N–H and O–H groups in total. The van der Waals surface area contributed by atoms with Crippen molar-refractivity contribution >= 4 is 27.5 Å². The molecule has 18 heavy (non-hydrogen) atoms. The first-order valence-electron chi connectivity index (χ1n) is 5.91. The maximum atomic E-state index is 11.7. The molecule has 0 aliphatic carbocycles. The first kappa shape index (κ1) is 12.8. The Balaban J connectivity index is 2.66. The molecule has 0 fully saturated rings. The van der Waals surface area contributed by atoms with Crippen molar-refractivity contribution in [3.63, 3.8) is 0 Å². The highest BCUT2D eigenvalue weighted by atomic mass is 32.1. The molecule has 94 valence electrons. The highest BCUT2D eigenvalue weighted by Gasteiger charge is 2.08. The van der Waals surface area contributed by atoms with Gasteiger partial charge in [-0.15, -0.1) is 6.58 Å². The van der Waals surface area contributed by atoms with E-state index < -0.39 is 0 Å². The number of carbonyl (C=O) groups excluding carboxylic acids is 1. The molecule has 1 heterocycles. The van der Waals surface area contributed by atoms with Gasteiger partial charge in [0.25, 0.3) is 5.91 Å². The lowest BCUT2D eigenvalue weighted by molar-refractivity contribution is -0.120. The Labute approximate surface area is 110 Å². The van der Waals surface area contributed by atoms with E-state index in [1.165, 1.54) is 11.3 Å². The van der Waals surface area contributed by atoms with Crippen molar-refractivity contribution in [3.8, 4) is 0 Å². The zero-order chi connectivity index (χ0) is 13.1. The molecule has 0 unspecified atom stereocenters. The second-order valence-electron chi connectivity index (χ2n) is 4.36. The number of fused-ring (bicyclic) bond motifs is 1. The van der Waals surface area contributed by atoms with Crippen LogP contribution in [0.1, 0.15) is 13.8 Å². The summed E-state index contributed by atoms with van der Waals surface area (Å²) in [6.45, 7) is 8.13. The van der Waals surface area contributed by atoms with Crippen LogP contribution in [0, 0.1) is 5.92 Å². The predicted molar refractivity (Wildman–Crippen MR) is 75.4 cm³/mol. The van der Waals surface area contributed by atoms with Gasteiger partial charge < -0.3 is 4.57 Å². The molecule has 0 saturated carbocycles. The topological polar surface area (TPSA) is 34.4 Å². The Morgan fingerprint density at radius 2 is 2.22 bits per heavy atom. The maximum absolute atomic E-state index is 11.7. The van der Waals surface area contributed by atoms with Crippen LogP contribution in [-0.4, -0.2) is 10.5 Å². The van der Waals surface area contributed by atoms with E-state index in [4.69, 9.17) is 0 Å². The van der Waals surface area contributed by atoms with Crippen LogP contribution in [0.4, 0.5) is 0 Å². The van der Waals surface area contributed by atoms with Gasteiger partial charge in [-0.05, 0) is 12.1 Å². The van der Waals surface area contributed by atoms with E-state index in [1.54, 1.807) is 0 Å². The van der Waals surface area contributed by atoms with Gasteiger partial charge in [-0.3, -0.25) is 4.79 Å². The molecule has 3 nitrogen and oxygen atoms in total. The minimum atomic E-state index is -0.0839. The molecule has 2 rings (SSSR count). The van der Waals surface area contributed by atoms with Crippen LogP contribution >= 0.6 is 11.3 Å². The number of benzene rings is 1. The number of carbonyl (C=O) groups is 1. The third kappa shape index (κ3) is 2.43. The molecule has 0 aliphatic heterocycles. The number of rotatable bonds is 3. The average Bonchev–Trinajstić information content (AvgIpc) is 2.68. The molecule has 4 heteroatoms. The van der Waals surface area contributed by atoms with E-state index in [0.717, 1.165) is 15.0 Å². The van der Waals surface area contributed by atoms with Crippen molar-refractivity contribution in [2.45, 2.75) is 20.4 Å². The lowest BCUT2D eigenvalue weighted by Gasteiger charge is -2.01. The highest BCUT2D eigenvalue weighted by Crippen LogP contribution is 2.16. The van der Waals surface area contributed by atoms with Crippen molar-refractivity contribution in [1.29, 1.82) is 0 Å². The Kier molecular flexibility index (Phi) is 3.77. The largest absolute Gasteiger partial charge is 0.313 e. The number of hydrogen-bond acceptors (Lipinski definition) is 2. The molecule has 0 bridgehead atoms. The van der Waals surface area contributed by atoms with Crippen LogP contribution in [-0.2, 0) is 11.3 Å². The summed E-state index contributed by atoms with van der Waals surface area (Å²) in [5.74, 6) is -0.160. The third-order valence-corrected chi connectivity index (χ3v) is 3.66. The number of nitrogens with zero attached hydrogens (tertiary/aromatic N) is 2. The zero-order valence-electron chi connectivity index (χ0n) is 10.6. The fourth-order valence-electron chi connectivity index (χ4n) is 1.64. The van der Waals surface area contributed by atoms with E-state index in [0.29, 0.717) is 6.54 Å². The van der Waals surface area contributed by atoms with Crippen LogP contribution in [0.2, 0.25) is 0 Å². The van der Waals surface area contributed by atoms with Gasteiger partial charge in [-0.1, -0.05) is 43.4 Å². The fourth-order valence-corrected chi connectivity index (χ4v) is 2.68. The molecular formula is C14H16N2OS. The van der Waals surface area contributed by atoms with Gasteiger partial charge in [0, 0.05) is 12.5 Å². The van der Waals surface area contributed by atoms with E-state index in [-0.39, 0.29) is 11.8 Å². The second kappa shape index (κ2) is 5.31. The van der Waals surface area contributed by atoms with Crippen molar-refractivity contribution in [2.24, 2.45) is 10.9 Å². The van der Waals surface area contributed by atoms with E-state index in [1.807, 2.05) is 48.8 Å². The molecule has 1 amide bonds. The number of aromatic nitrogens is 1. The summed E-state index contributed by atoms with van der Waals surface area (Å²) in [7, 11) is 0. The van der Waals surface area contributed by atoms with Crippen LogP contribution in [0.5, 0.6) is 0 Å². The number of allylic oxidation sites excluding steroid dienone is 1. The predicted octanol–water partition coefficient (Wildman–Crippen LogP) is 2.97. The quantitative estimate of drug-likeness (QED) is 0.781. The van der Waals surface area contributed by atoms with Crippen LogP contribution in [0.15, 0.2) is 41.9 Å². The van der Waals surface area contributed by atoms with E-state index in [2.05, 4.69) is 11.6 Å². The first-order valence-corrected chi connectivity index (χ1v) is 6.73. The summed E-state index contributed by atoms with van der Waals surface area (Å²) in [6.07, 6.45) is 1.82. The molecule has 0 radical (unpaired) electrons. The number of hydrogen-bond donors (Lipinski definition) is 0. The Bertz CT molecular complexity index is 649. The zero-order valence-corrected chi connectivity index (χ0v) is 11.4. The van der Waals surface area contributed by atoms with Gasteiger partial charge >= 0.3 is 0 Å². The summed E-state index contributed by atoms with van der Waals surface area (Å²) in [5, 5.41) is 0. The van der Waals surface area contributed by atoms with Crippen LogP contribution in [0.3, 0.4) is 0 Å². The van der Waals surface area contributed by atoms with Crippen molar-refractivity contribution in [3.05, 3.63) is 41.7 Å². The minimum absolute atomic E-state index is 0.0765. The van der Waals surface area contributed by atoms with Gasteiger partial charge in [0.2, 0.25) is 0 Å². The lowest BCUT2D eigenvalue weighted by atomic mass is 10.2. The number of thiazole rings is 1. The molecule has 0 saturated heterocycles. The van der Waals surface area contributed by atoms with Crippen LogP contribution < -0.4 is 4.80 Å². The second-order valence-corrected chi connectivity index (χ2v) is 5.37. The van der Waals surface area contributed by atoms with Gasteiger partial charge in [-0.2, -0.15) is 4.99 Å². The Morgan fingerprint density at radius 3 is 2.89 bits per heavy atom. The van der Waals surface area contributed by atoms with Gasteiger partial charge in [0.15, 0.2) is 4.80 Å². The fraction of sp³-hybridized carbons (Fsp3) is 0.286. The highest BCUT2D eigenvalue weighted by molar-refractivity contribution is 7.16. The average molecular weight is 260 g/mol. The van der Waals surface area contributed by atoms with E-state index >= 15 is 0 Å². The molecule has 0 aliphatic rings. The minimum Gasteiger partial charge on any atom is -0.313 e. The summed E-state index contributed by atoms with van der Waals surface area (Å²) < 4.78 is 3.16. The summed E-state index contributed by atoms with van der Waals surface area (Å²) in [6, 6.07) is 8.06. The monoisotopic (exact) mass is 260 g/mol. The third-order valence-electron chi connectivity index (χ3n) is 2.60. The van der Waals surface area contributed by atoms with Crippen molar-refractivity contribution in [1.82, 2.24) is 4.57 Å². The van der Waals surface area contributed by atoms with Gasteiger partial charge in [0.1, 0.15) is 0 Å². The Hall–Kier alpha value is -1.68. The van der Waals surface area contributed by atoms with Gasteiger partial charge in [-0.25, -0.2) is 0 Å². The normalized spacial score (nSPS) is 12.3. The maximum Gasteiger partial charge on any atom is 0.250 e. The molecule has 1 aromatic carbocycles. The number of amides is 1. The SMILES string of the molecule is C=CCn1c(=NC(=O)C(C)C)sc2ccccc21. The summed E-state index contributed by atoms with van der Waals surface area (Å²) >= 11 is 1.54. The first-order chi connectivity index (χ1) is 8.63.